The fraction of sp³-hybridized carbons (Fsp3) is 0.385. The molecule has 2 amide bonds. The van der Waals surface area contributed by atoms with E-state index in [2.05, 4.69) is 5.32 Å². The first-order chi connectivity index (χ1) is 8.50. The van der Waals surface area contributed by atoms with Crippen molar-refractivity contribution in [1.82, 2.24) is 5.32 Å². The van der Waals surface area contributed by atoms with Crippen LogP contribution in [-0.4, -0.2) is 30.7 Å². The summed E-state index contributed by atoms with van der Waals surface area (Å²) in [6, 6.07) is 7.37. The lowest BCUT2D eigenvalue weighted by Gasteiger charge is -2.18. The van der Waals surface area contributed by atoms with E-state index in [1.54, 1.807) is 7.05 Å². The second-order valence-electron chi connectivity index (χ2n) is 4.12. The van der Waals surface area contributed by atoms with Gasteiger partial charge in [-0.15, -0.1) is 0 Å². The molecular weight excluding hydrogens is 232 g/mol. The van der Waals surface area contributed by atoms with E-state index in [-0.39, 0.29) is 12.5 Å². The molecule has 0 unspecified atom stereocenters. The molecule has 0 saturated heterocycles. The number of benzene rings is 1. The molecule has 98 valence electrons. The Balaban J connectivity index is 2.41. The number of hydrogen-bond donors (Lipinski definition) is 2. The van der Waals surface area contributed by atoms with Crippen LogP contribution < -0.4 is 10.2 Å². The van der Waals surface area contributed by atoms with E-state index >= 15 is 0 Å². The van der Waals surface area contributed by atoms with Gasteiger partial charge in [-0.05, 0) is 25.5 Å². The van der Waals surface area contributed by atoms with Crippen molar-refractivity contribution in [1.29, 1.82) is 0 Å². The summed E-state index contributed by atoms with van der Waals surface area (Å²) in [6.07, 6.45) is 0.497. The molecule has 0 bridgehead atoms. The monoisotopic (exact) mass is 250 g/mol. The van der Waals surface area contributed by atoms with Crippen LogP contribution >= 0.6 is 0 Å². The highest BCUT2D eigenvalue weighted by Crippen LogP contribution is 2.13. The summed E-state index contributed by atoms with van der Waals surface area (Å²) >= 11 is 0. The Labute approximate surface area is 106 Å². The maximum atomic E-state index is 11.7. The Morgan fingerprint density at radius 2 is 1.89 bits per heavy atom. The molecule has 0 aliphatic carbocycles. The lowest BCUT2D eigenvalue weighted by molar-refractivity contribution is -0.137. The van der Waals surface area contributed by atoms with Gasteiger partial charge in [0.15, 0.2) is 0 Å². The summed E-state index contributed by atoms with van der Waals surface area (Å²) in [5, 5.41) is 11.1. The van der Waals surface area contributed by atoms with Crippen LogP contribution in [0.1, 0.15) is 18.4 Å². The summed E-state index contributed by atoms with van der Waals surface area (Å²) in [5.41, 5.74) is 1.94. The van der Waals surface area contributed by atoms with Crippen LogP contribution in [0.15, 0.2) is 24.3 Å². The minimum Gasteiger partial charge on any atom is -0.481 e. The molecule has 1 aromatic carbocycles. The van der Waals surface area contributed by atoms with Crippen LogP contribution in [-0.2, 0) is 4.79 Å². The van der Waals surface area contributed by atoms with E-state index in [1.165, 1.54) is 4.90 Å². The van der Waals surface area contributed by atoms with Crippen molar-refractivity contribution in [3.8, 4) is 0 Å². The molecule has 0 heterocycles. The first kappa shape index (κ1) is 14.0. The standard InChI is InChI=1S/C13H18N2O3/c1-10-5-7-11(8-6-10)15(2)13(18)14-9-3-4-12(16)17/h5-8H,3-4,9H2,1-2H3,(H,14,18)(H,16,17). The fourth-order valence-electron chi connectivity index (χ4n) is 1.44. The van der Waals surface area contributed by atoms with Gasteiger partial charge in [-0.25, -0.2) is 4.79 Å². The third kappa shape index (κ3) is 4.45. The number of anilines is 1. The average molecular weight is 250 g/mol. The topological polar surface area (TPSA) is 69.6 Å². The highest BCUT2D eigenvalue weighted by molar-refractivity contribution is 5.91. The average Bonchev–Trinajstić information content (AvgIpc) is 2.34. The number of amides is 2. The van der Waals surface area contributed by atoms with Gasteiger partial charge in [-0.2, -0.15) is 0 Å². The van der Waals surface area contributed by atoms with Crippen molar-refractivity contribution in [2.24, 2.45) is 0 Å². The quantitative estimate of drug-likeness (QED) is 0.785. The van der Waals surface area contributed by atoms with Gasteiger partial charge < -0.3 is 10.4 Å². The molecule has 0 saturated carbocycles. The van der Waals surface area contributed by atoms with Crippen LogP contribution in [0.25, 0.3) is 0 Å². The molecule has 5 heteroatoms. The highest BCUT2D eigenvalue weighted by Gasteiger charge is 2.09. The first-order valence-corrected chi connectivity index (χ1v) is 5.80. The summed E-state index contributed by atoms with van der Waals surface area (Å²) < 4.78 is 0. The van der Waals surface area contributed by atoms with Crippen molar-refractivity contribution in [3.63, 3.8) is 0 Å². The first-order valence-electron chi connectivity index (χ1n) is 5.80. The van der Waals surface area contributed by atoms with Crippen LogP contribution in [0, 0.1) is 6.92 Å². The summed E-state index contributed by atoms with van der Waals surface area (Å²) in [5.74, 6) is -0.851. The second-order valence-corrected chi connectivity index (χ2v) is 4.12. The van der Waals surface area contributed by atoms with E-state index in [4.69, 9.17) is 5.11 Å². The van der Waals surface area contributed by atoms with Crippen LogP contribution in [0.5, 0.6) is 0 Å². The number of rotatable bonds is 5. The molecule has 0 aliphatic heterocycles. The molecule has 18 heavy (non-hydrogen) atoms. The Hall–Kier alpha value is -2.04. The van der Waals surface area contributed by atoms with Crippen LogP contribution in [0.4, 0.5) is 10.5 Å². The van der Waals surface area contributed by atoms with Crippen molar-refractivity contribution < 1.29 is 14.7 Å². The van der Waals surface area contributed by atoms with E-state index < -0.39 is 5.97 Å². The minimum absolute atomic E-state index is 0.0640. The van der Waals surface area contributed by atoms with Crippen molar-refractivity contribution in [3.05, 3.63) is 29.8 Å². The van der Waals surface area contributed by atoms with E-state index in [0.29, 0.717) is 13.0 Å². The van der Waals surface area contributed by atoms with Gasteiger partial charge >= 0.3 is 12.0 Å². The van der Waals surface area contributed by atoms with Gasteiger partial charge in [-0.3, -0.25) is 9.69 Å². The van der Waals surface area contributed by atoms with Gasteiger partial charge in [-0.1, -0.05) is 17.7 Å². The number of nitrogens with zero attached hydrogens (tertiary/aromatic N) is 1. The third-order valence-electron chi connectivity index (χ3n) is 2.57. The molecule has 1 aromatic rings. The maximum Gasteiger partial charge on any atom is 0.321 e. The zero-order chi connectivity index (χ0) is 13.5. The molecule has 0 aliphatic rings. The predicted molar refractivity (Wildman–Crippen MR) is 69.9 cm³/mol. The second kappa shape index (κ2) is 6.64. The van der Waals surface area contributed by atoms with E-state index in [0.717, 1.165) is 11.3 Å². The Bertz CT molecular complexity index is 415. The number of carbonyl (C=O) groups is 2. The number of aliphatic carboxylic acids is 1. The molecule has 5 nitrogen and oxygen atoms in total. The number of urea groups is 1. The van der Waals surface area contributed by atoms with Crippen LogP contribution in [0.3, 0.4) is 0 Å². The Kier molecular flexibility index (Phi) is 5.17. The zero-order valence-corrected chi connectivity index (χ0v) is 10.6. The molecule has 0 fully saturated rings. The minimum atomic E-state index is -0.851. The number of carbonyl (C=O) groups excluding carboxylic acids is 1. The number of carboxylic acid groups (broad SMARTS) is 1. The van der Waals surface area contributed by atoms with E-state index in [1.807, 2.05) is 31.2 Å². The molecule has 0 spiro atoms. The van der Waals surface area contributed by atoms with Crippen molar-refractivity contribution >= 4 is 17.7 Å². The lowest BCUT2D eigenvalue weighted by atomic mass is 10.2. The Morgan fingerprint density at radius 1 is 1.28 bits per heavy atom. The normalized spacial score (nSPS) is 9.89. The number of hydrogen-bond acceptors (Lipinski definition) is 2. The molecule has 2 N–H and O–H groups in total. The van der Waals surface area contributed by atoms with Gasteiger partial charge in [0.2, 0.25) is 0 Å². The fourth-order valence-corrected chi connectivity index (χ4v) is 1.44. The zero-order valence-electron chi connectivity index (χ0n) is 10.6. The SMILES string of the molecule is Cc1ccc(N(C)C(=O)NCCCC(=O)O)cc1. The third-order valence-corrected chi connectivity index (χ3v) is 2.57. The number of nitrogens with one attached hydrogen (secondary N) is 1. The summed E-state index contributed by atoms with van der Waals surface area (Å²) in [7, 11) is 1.68. The molecule has 0 aromatic heterocycles. The maximum absolute atomic E-state index is 11.7. The Morgan fingerprint density at radius 3 is 2.44 bits per heavy atom. The van der Waals surface area contributed by atoms with E-state index in [9.17, 15) is 9.59 Å². The predicted octanol–water partition coefficient (Wildman–Crippen LogP) is 2.01. The highest BCUT2D eigenvalue weighted by atomic mass is 16.4. The largest absolute Gasteiger partial charge is 0.481 e. The van der Waals surface area contributed by atoms with Crippen molar-refractivity contribution in [2.45, 2.75) is 19.8 Å². The molecule has 0 atom stereocenters. The van der Waals surface area contributed by atoms with Gasteiger partial charge in [0, 0.05) is 25.7 Å². The smallest absolute Gasteiger partial charge is 0.321 e. The molecular formula is C13H18N2O3. The lowest BCUT2D eigenvalue weighted by Crippen LogP contribution is -2.37. The number of aryl methyl sites for hydroxylation is 1. The van der Waals surface area contributed by atoms with Crippen molar-refractivity contribution in [2.75, 3.05) is 18.5 Å². The summed E-state index contributed by atoms with van der Waals surface area (Å²) in [6.45, 7) is 2.34. The molecule has 0 radical (unpaired) electrons. The molecule has 1 rings (SSSR count). The summed E-state index contributed by atoms with van der Waals surface area (Å²) in [4.78, 5) is 23.5. The van der Waals surface area contributed by atoms with Gasteiger partial charge in [0.05, 0.1) is 0 Å². The number of carboxylic acids is 1. The van der Waals surface area contributed by atoms with Gasteiger partial charge in [0.25, 0.3) is 0 Å². The van der Waals surface area contributed by atoms with Gasteiger partial charge in [0.1, 0.15) is 0 Å². The van der Waals surface area contributed by atoms with Crippen LogP contribution in [0.2, 0.25) is 0 Å².